The number of carbonyl (C=O) groups is 1. The average molecular weight is 318 g/mol. The van der Waals surface area contributed by atoms with E-state index < -0.39 is 0 Å². The van der Waals surface area contributed by atoms with Gasteiger partial charge in [-0.2, -0.15) is 0 Å². The first-order valence-electron chi connectivity index (χ1n) is 7.39. The molecule has 7 nitrogen and oxygen atoms in total. The SMILES string of the molecule is COCCn1cncc1CNC(=O)c1c(C)cc(C)n(C)c1=O. The lowest BCUT2D eigenvalue weighted by molar-refractivity contribution is 0.0947. The van der Waals surface area contributed by atoms with Crippen LogP contribution in [-0.2, 0) is 24.9 Å². The number of aryl methyl sites for hydroxylation is 2. The van der Waals surface area contributed by atoms with E-state index in [-0.39, 0.29) is 17.0 Å². The fourth-order valence-corrected chi connectivity index (χ4v) is 2.40. The van der Waals surface area contributed by atoms with Crippen LogP contribution >= 0.6 is 0 Å². The van der Waals surface area contributed by atoms with Gasteiger partial charge >= 0.3 is 0 Å². The van der Waals surface area contributed by atoms with E-state index in [0.29, 0.717) is 25.3 Å². The number of methoxy groups -OCH3 is 1. The summed E-state index contributed by atoms with van der Waals surface area (Å²) in [6, 6.07) is 1.83. The molecule has 124 valence electrons. The zero-order valence-electron chi connectivity index (χ0n) is 13.9. The van der Waals surface area contributed by atoms with Crippen molar-refractivity contribution >= 4 is 5.91 Å². The fourth-order valence-electron chi connectivity index (χ4n) is 2.40. The molecule has 2 aromatic heterocycles. The van der Waals surface area contributed by atoms with Gasteiger partial charge in [-0.15, -0.1) is 0 Å². The van der Waals surface area contributed by atoms with Crippen molar-refractivity contribution in [2.24, 2.45) is 7.05 Å². The predicted molar refractivity (Wildman–Crippen MR) is 86.4 cm³/mol. The molecule has 0 atom stereocenters. The van der Waals surface area contributed by atoms with E-state index in [1.165, 1.54) is 4.57 Å². The van der Waals surface area contributed by atoms with Gasteiger partial charge in [0.1, 0.15) is 5.56 Å². The Kier molecular flexibility index (Phi) is 5.33. The van der Waals surface area contributed by atoms with Crippen molar-refractivity contribution in [3.8, 4) is 0 Å². The number of hydrogen-bond acceptors (Lipinski definition) is 4. The second kappa shape index (κ2) is 7.23. The molecular weight excluding hydrogens is 296 g/mol. The highest BCUT2D eigenvalue weighted by molar-refractivity contribution is 5.95. The van der Waals surface area contributed by atoms with E-state index in [2.05, 4.69) is 10.3 Å². The van der Waals surface area contributed by atoms with Gasteiger partial charge in [-0.25, -0.2) is 4.98 Å². The first-order valence-corrected chi connectivity index (χ1v) is 7.39. The molecule has 0 radical (unpaired) electrons. The van der Waals surface area contributed by atoms with Gasteiger partial charge in [-0.1, -0.05) is 0 Å². The summed E-state index contributed by atoms with van der Waals surface area (Å²) in [7, 11) is 3.29. The molecule has 0 saturated heterocycles. The summed E-state index contributed by atoms with van der Waals surface area (Å²) in [4.78, 5) is 28.8. The van der Waals surface area contributed by atoms with Crippen LogP contribution in [0.2, 0.25) is 0 Å². The Bertz CT molecular complexity index is 761. The Hall–Kier alpha value is -2.41. The van der Waals surface area contributed by atoms with Crippen LogP contribution in [0.3, 0.4) is 0 Å². The number of nitrogens with zero attached hydrogens (tertiary/aromatic N) is 3. The van der Waals surface area contributed by atoms with E-state index in [1.54, 1.807) is 33.6 Å². The van der Waals surface area contributed by atoms with Crippen molar-refractivity contribution in [2.75, 3.05) is 13.7 Å². The molecule has 0 aliphatic rings. The maximum absolute atomic E-state index is 12.4. The molecule has 0 spiro atoms. The van der Waals surface area contributed by atoms with E-state index in [1.807, 2.05) is 17.6 Å². The number of ether oxygens (including phenoxy) is 1. The normalized spacial score (nSPS) is 10.8. The van der Waals surface area contributed by atoms with Gasteiger partial charge in [0.25, 0.3) is 11.5 Å². The first-order chi connectivity index (χ1) is 11.0. The van der Waals surface area contributed by atoms with Gasteiger partial charge < -0.3 is 19.2 Å². The van der Waals surface area contributed by atoms with Crippen molar-refractivity contribution in [3.63, 3.8) is 0 Å². The molecule has 0 aliphatic heterocycles. The van der Waals surface area contributed by atoms with Gasteiger partial charge in [0.05, 0.1) is 25.2 Å². The lowest BCUT2D eigenvalue weighted by atomic mass is 10.1. The minimum atomic E-state index is -0.373. The van der Waals surface area contributed by atoms with Crippen molar-refractivity contribution in [2.45, 2.75) is 26.9 Å². The maximum atomic E-state index is 12.4. The molecule has 0 saturated carbocycles. The van der Waals surface area contributed by atoms with Crippen molar-refractivity contribution in [1.82, 2.24) is 19.4 Å². The van der Waals surface area contributed by atoms with Gasteiger partial charge in [0.2, 0.25) is 0 Å². The Morgan fingerprint density at radius 1 is 1.39 bits per heavy atom. The predicted octanol–water partition coefficient (Wildman–Crippen LogP) is 0.775. The maximum Gasteiger partial charge on any atom is 0.263 e. The molecule has 2 aromatic rings. The smallest absolute Gasteiger partial charge is 0.263 e. The fraction of sp³-hybridized carbons (Fsp3) is 0.438. The van der Waals surface area contributed by atoms with Gasteiger partial charge in [0.15, 0.2) is 0 Å². The molecule has 23 heavy (non-hydrogen) atoms. The molecule has 0 fully saturated rings. The van der Waals surface area contributed by atoms with Crippen LogP contribution in [0.25, 0.3) is 0 Å². The second-order valence-electron chi connectivity index (χ2n) is 5.46. The number of nitrogens with one attached hydrogen (secondary N) is 1. The molecule has 7 heteroatoms. The number of hydrogen-bond donors (Lipinski definition) is 1. The Balaban J connectivity index is 2.14. The second-order valence-corrected chi connectivity index (χ2v) is 5.46. The zero-order valence-corrected chi connectivity index (χ0v) is 13.9. The van der Waals surface area contributed by atoms with Crippen molar-refractivity contribution in [3.05, 3.63) is 51.5 Å². The molecule has 0 unspecified atom stereocenters. The number of carbonyl (C=O) groups excluding carboxylic acids is 1. The summed E-state index contributed by atoms with van der Waals surface area (Å²) in [5.74, 6) is -0.373. The number of aromatic nitrogens is 3. The monoisotopic (exact) mass is 318 g/mol. The highest BCUT2D eigenvalue weighted by Crippen LogP contribution is 2.06. The highest BCUT2D eigenvalue weighted by Gasteiger charge is 2.16. The van der Waals surface area contributed by atoms with Crippen LogP contribution in [0.15, 0.2) is 23.4 Å². The molecule has 2 heterocycles. The molecule has 2 rings (SSSR count). The summed E-state index contributed by atoms with van der Waals surface area (Å²) >= 11 is 0. The van der Waals surface area contributed by atoms with Crippen LogP contribution in [0.5, 0.6) is 0 Å². The Labute approximate surface area is 134 Å². The molecule has 0 aliphatic carbocycles. The average Bonchev–Trinajstić information content (AvgIpc) is 2.96. The zero-order chi connectivity index (χ0) is 17.0. The Morgan fingerprint density at radius 3 is 2.83 bits per heavy atom. The molecule has 0 aromatic carbocycles. The quantitative estimate of drug-likeness (QED) is 0.853. The largest absolute Gasteiger partial charge is 0.383 e. The molecule has 1 amide bonds. The number of rotatable bonds is 6. The number of imidazole rings is 1. The van der Waals surface area contributed by atoms with Crippen LogP contribution in [0.4, 0.5) is 0 Å². The highest BCUT2D eigenvalue weighted by atomic mass is 16.5. The standard InChI is InChI=1S/C16H22N4O3/c1-11-7-12(2)19(3)16(22)14(11)15(21)18-9-13-8-17-10-20(13)5-6-23-4/h7-8,10H,5-6,9H2,1-4H3,(H,18,21). The van der Waals surface area contributed by atoms with Gasteiger partial charge in [0, 0.05) is 32.6 Å². The van der Waals surface area contributed by atoms with Crippen molar-refractivity contribution < 1.29 is 9.53 Å². The minimum Gasteiger partial charge on any atom is -0.383 e. The van der Waals surface area contributed by atoms with E-state index >= 15 is 0 Å². The van der Waals surface area contributed by atoms with Gasteiger partial charge in [-0.3, -0.25) is 9.59 Å². The Morgan fingerprint density at radius 2 is 2.13 bits per heavy atom. The number of pyridine rings is 1. The van der Waals surface area contributed by atoms with Crippen LogP contribution < -0.4 is 10.9 Å². The lowest BCUT2D eigenvalue weighted by Crippen LogP contribution is -2.34. The van der Waals surface area contributed by atoms with Crippen molar-refractivity contribution in [1.29, 1.82) is 0 Å². The summed E-state index contributed by atoms with van der Waals surface area (Å²) in [6.07, 6.45) is 3.38. The van der Waals surface area contributed by atoms with E-state index in [4.69, 9.17) is 4.74 Å². The van der Waals surface area contributed by atoms with Crippen LogP contribution in [-0.4, -0.2) is 33.7 Å². The number of amides is 1. The molecule has 1 N–H and O–H groups in total. The summed E-state index contributed by atoms with van der Waals surface area (Å²) < 4.78 is 8.42. The minimum absolute atomic E-state index is 0.182. The van der Waals surface area contributed by atoms with Crippen LogP contribution in [0.1, 0.15) is 27.3 Å². The molecule has 0 bridgehead atoms. The summed E-state index contributed by atoms with van der Waals surface area (Å²) in [5, 5.41) is 2.79. The third-order valence-electron chi connectivity index (χ3n) is 3.86. The molecular formula is C16H22N4O3. The topological polar surface area (TPSA) is 78.2 Å². The van der Waals surface area contributed by atoms with E-state index in [9.17, 15) is 9.59 Å². The van der Waals surface area contributed by atoms with Gasteiger partial charge in [-0.05, 0) is 25.5 Å². The summed E-state index contributed by atoms with van der Waals surface area (Å²) in [6.45, 7) is 5.14. The van der Waals surface area contributed by atoms with E-state index in [0.717, 1.165) is 11.4 Å². The summed E-state index contributed by atoms with van der Waals surface area (Å²) in [5.41, 5.74) is 2.25. The third kappa shape index (κ3) is 3.68. The lowest BCUT2D eigenvalue weighted by Gasteiger charge is -2.12. The van der Waals surface area contributed by atoms with Crippen LogP contribution in [0, 0.1) is 13.8 Å². The third-order valence-corrected chi connectivity index (χ3v) is 3.86. The first kappa shape index (κ1) is 17.0.